The van der Waals surface area contributed by atoms with E-state index in [0.29, 0.717) is 0 Å². The Morgan fingerprint density at radius 1 is 1.22 bits per heavy atom. The molecular weight excluding hydrogens is 246 g/mol. The van der Waals surface area contributed by atoms with Crippen molar-refractivity contribution in [2.75, 3.05) is 6.54 Å². The van der Waals surface area contributed by atoms with Crippen LogP contribution in [0.4, 0.5) is 0 Å². The van der Waals surface area contributed by atoms with Gasteiger partial charge in [0.15, 0.2) is 0 Å². The average molecular weight is 264 g/mol. The minimum Gasteiger partial charge on any atom is -0.459 e. The number of benzene rings is 1. The standard InChI is InChI=1S/C15H18ClNO/c1-15(7-3-2-4-8-17-15)14-10-11-9-12(16)5-6-13(11)18-14/h5-6,9-10,17H,2-4,7-8H2,1H3. The summed E-state index contributed by atoms with van der Waals surface area (Å²) < 4.78 is 6.00. The summed E-state index contributed by atoms with van der Waals surface area (Å²) in [6, 6.07) is 7.91. The van der Waals surface area contributed by atoms with E-state index in [1.807, 2.05) is 18.2 Å². The fourth-order valence-electron chi connectivity index (χ4n) is 2.73. The molecule has 0 saturated carbocycles. The van der Waals surface area contributed by atoms with Gasteiger partial charge in [0.2, 0.25) is 0 Å². The lowest BCUT2D eigenvalue weighted by atomic mass is 9.93. The zero-order chi connectivity index (χ0) is 12.6. The third-order valence-electron chi connectivity index (χ3n) is 3.89. The molecule has 0 amide bonds. The third kappa shape index (κ3) is 2.15. The predicted molar refractivity (Wildman–Crippen MR) is 75.0 cm³/mol. The molecule has 1 fully saturated rings. The molecule has 1 saturated heterocycles. The smallest absolute Gasteiger partial charge is 0.134 e. The fraction of sp³-hybridized carbons (Fsp3) is 0.467. The lowest BCUT2D eigenvalue weighted by molar-refractivity contribution is 0.296. The summed E-state index contributed by atoms with van der Waals surface area (Å²) >= 11 is 6.02. The van der Waals surface area contributed by atoms with Crippen molar-refractivity contribution in [3.8, 4) is 0 Å². The van der Waals surface area contributed by atoms with Crippen LogP contribution in [0.2, 0.25) is 5.02 Å². The fourth-order valence-corrected chi connectivity index (χ4v) is 2.91. The van der Waals surface area contributed by atoms with Crippen molar-refractivity contribution < 1.29 is 4.42 Å². The second-order valence-electron chi connectivity index (χ2n) is 5.36. The molecule has 0 radical (unpaired) electrons. The van der Waals surface area contributed by atoms with Gasteiger partial charge in [-0.1, -0.05) is 24.4 Å². The van der Waals surface area contributed by atoms with Gasteiger partial charge in [-0.15, -0.1) is 0 Å². The quantitative estimate of drug-likeness (QED) is 0.821. The molecule has 1 unspecified atom stereocenters. The van der Waals surface area contributed by atoms with Crippen LogP contribution >= 0.6 is 11.6 Å². The highest BCUT2D eigenvalue weighted by Gasteiger charge is 2.30. The Balaban J connectivity index is 2.02. The number of halogens is 1. The number of furan rings is 1. The number of hydrogen-bond donors (Lipinski definition) is 1. The van der Waals surface area contributed by atoms with Crippen LogP contribution in [-0.2, 0) is 5.54 Å². The Kier molecular flexibility index (Phi) is 3.08. The molecule has 0 bridgehead atoms. The Morgan fingerprint density at radius 2 is 2.11 bits per heavy atom. The van der Waals surface area contributed by atoms with E-state index >= 15 is 0 Å². The van der Waals surface area contributed by atoms with Gasteiger partial charge in [0.25, 0.3) is 0 Å². The van der Waals surface area contributed by atoms with E-state index in [9.17, 15) is 0 Å². The van der Waals surface area contributed by atoms with Gasteiger partial charge in [0.1, 0.15) is 11.3 Å². The molecule has 18 heavy (non-hydrogen) atoms. The molecule has 0 spiro atoms. The SMILES string of the molecule is CC1(c2cc3cc(Cl)ccc3o2)CCCCCN1. The van der Waals surface area contributed by atoms with Crippen LogP contribution in [0, 0.1) is 0 Å². The first-order valence-electron chi connectivity index (χ1n) is 6.62. The highest BCUT2D eigenvalue weighted by atomic mass is 35.5. The molecule has 3 rings (SSSR count). The molecule has 0 aliphatic carbocycles. The summed E-state index contributed by atoms with van der Waals surface area (Å²) in [7, 11) is 0. The van der Waals surface area contributed by atoms with Crippen LogP contribution in [0.3, 0.4) is 0 Å². The molecular formula is C15H18ClNO. The lowest BCUT2D eigenvalue weighted by Crippen LogP contribution is -2.38. The molecule has 2 heterocycles. The Labute approximate surface area is 112 Å². The van der Waals surface area contributed by atoms with Crippen molar-refractivity contribution in [2.45, 2.75) is 38.1 Å². The highest BCUT2D eigenvalue weighted by molar-refractivity contribution is 6.31. The third-order valence-corrected chi connectivity index (χ3v) is 4.13. The van der Waals surface area contributed by atoms with E-state index in [1.54, 1.807) is 0 Å². The van der Waals surface area contributed by atoms with Crippen LogP contribution in [0.1, 0.15) is 38.4 Å². The van der Waals surface area contributed by atoms with Crippen molar-refractivity contribution in [1.82, 2.24) is 5.32 Å². The molecule has 2 nitrogen and oxygen atoms in total. The second-order valence-corrected chi connectivity index (χ2v) is 5.80. The lowest BCUT2D eigenvalue weighted by Gasteiger charge is -2.26. The Morgan fingerprint density at radius 3 is 3.00 bits per heavy atom. The van der Waals surface area contributed by atoms with E-state index in [-0.39, 0.29) is 5.54 Å². The van der Waals surface area contributed by atoms with Gasteiger partial charge in [-0.05, 0) is 50.6 Å². The van der Waals surface area contributed by atoms with Gasteiger partial charge in [-0.3, -0.25) is 0 Å². The van der Waals surface area contributed by atoms with E-state index in [2.05, 4.69) is 18.3 Å². The topological polar surface area (TPSA) is 25.2 Å². The van der Waals surface area contributed by atoms with E-state index in [4.69, 9.17) is 16.0 Å². The maximum absolute atomic E-state index is 6.02. The van der Waals surface area contributed by atoms with Crippen molar-refractivity contribution in [3.05, 3.63) is 35.0 Å². The van der Waals surface area contributed by atoms with Crippen LogP contribution < -0.4 is 5.32 Å². The molecule has 2 aromatic rings. The first-order chi connectivity index (χ1) is 8.67. The first-order valence-corrected chi connectivity index (χ1v) is 7.00. The van der Waals surface area contributed by atoms with E-state index in [1.165, 1.54) is 19.3 Å². The van der Waals surface area contributed by atoms with Gasteiger partial charge in [-0.25, -0.2) is 0 Å². The summed E-state index contributed by atoms with van der Waals surface area (Å²) in [5.41, 5.74) is 0.879. The van der Waals surface area contributed by atoms with Crippen molar-refractivity contribution >= 4 is 22.6 Å². The maximum atomic E-state index is 6.02. The second kappa shape index (κ2) is 4.60. The van der Waals surface area contributed by atoms with Gasteiger partial charge in [0.05, 0.1) is 5.54 Å². The molecule has 1 aromatic heterocycles. The predicted octanol–water partition coefficient (Wildman–Crippen LogP) is 4.47. The summed E-state index contributed by atoms with van der Waals surface area (Å²) in [5.74, 6) is 1.03. The van der Waals surface area contributed by atoms with E-state index < -0.39 is 0 Å². The van der Waals surface area contributed by atoms with Gasteiger partial charge < -0.3 is 9.73 Å². The van der Waals surface area contributed by atoms with Crippen molar-refractivity contribution in [2.24, 2.45) is 0 Å². The summed E-state index contributed by atoms with van der Waals surface area (Å²) in [5, 5.41) is 5.47. The first kappa shape index (κ1) is 12.1. The van der Waals surface area contributed by atoms with Crippen molar-refractivity contribution in [3.63, 3.8) is 0 Å². The largest absolute Gasteiger partial charge is 0.459 e. The van der Waals surface area contributed by atoms with Crippen LogP contribution in [-0.4, -0.2) is 6.54 Å². The highest BCUT2D eigenvalue weighted by Crippen LogP contribution is 2.34. The van der Waals surface area contributed by atoms with Gasteiger partial charge in [0, 0.05) is 10.4 Å². The van der Waals surface area contributed by atoms with Gasteiger partial charge >= 0.3 is 0 Å². The Hall–Kier alpha value is -0.990. The van der Waals surface area contributed by atoms with E-state index in [0.717, 1.165) is 34.7 Å². The number of hydrogen-bond acceptors (Lipinski definition) is 2. The van der Waals surface area contributed by atoms with Crippen LogP contribution in [0.5, 0.6) is 0 Å². The molecule has 1 aliphatic heterocycles. The Bertz CT molecular complexity index is 553. The molecule has 1 aromatic carbocycles. The van der Waals surface area contributed by atoms with Gasteiger partial charge in [-0.2, -0.15) is 0 Å². The zero-order valence-electron chi connectivity index (χ0n) is 10.6. The minimum atomic E-state index is -0.0397. The minimum absolute atomic E-state index is 0.0397. The number of fused-ring (bicyclic) bond motifs is 1. The van der Waals surface area contributed by atoms with Crippen molar-refractivity contribution in [1.29, 1.82) is 0 Å². The monoisotopic (exact) mass is 263 g/mol. The molecule has 1 atom stereocenters. The number of nitrogens with one attached hydrogen (secondary N) is 1. The van der Waals surface area contributed by atoms with Crippen LogP contribution in [0.15, 0.2) is 28.7 Å². The number of rotatable bonds is 1. The molecule has 3 heteroatoms. The average Bonchev–Trinajstić information content (AvgIpc) is 2.65. The summed E-state index contributed by atoms with van der Waals surface area (Å²) in [6.07, 6.45) is 4.93. The van der Waals surface area contributed by atoms with Crippen LogP contribution in [0.25, 0.3) is 11.0 Å². The zero-order valence-corrected chi connectivity index (χ0v) is 11.4. The maximum Gasteiger partial charge on any atom is 0.134 e. The summed E-state index contributed by atoms with van der Waals surface area (Å²) in [6.45, 7) is 3.30. The molecule has 96 valence electrons. The normalized spacial score (nSPS) is 25.2. The molecule has 1 aliphatic rings. The summed E-state index contributed by atoms with van der Waals surface area (Å²) in [4.78, 5) is 0. The molecule has 1 N–H and O–H groups in total.